The molecule has 52 heavy (non-hydrogen) atoms. The third-order valence-corrected chi connectivity index (χ3v) is 9.85. The van der Waals surface area contributed by atoms with Crippen LogP contribution in [0.4, 0.5) is 17.1 Å². The van der Waals surface area contributed by atoms with Gasteiger partial charge in [0.15, 0.2) is 5.75 Å². The number of hydrogen-bond donors (Lipinski definition) is 3. The fraction of sp³-hybridized carbons (Fsp3) is 0.262. The van der Waals surface area contributed by atoms with Crippen molar-refractivity contribution < 1.29 is 33.1 Å². The zero-order chi connectivity index (χ0) is 37.1. The Kier molecular flexibility index (Phi) is 13.1. The summed E-state index contributed by atoms with van der Waals surface area (Å²) in [7, 11) is -4.31. The van der Waals surface area contributed by atoms with Gasteiger partial charge in [-0.05, 0) is 76.6 Å². The molecule has 1 aliphatic rings. The summed E-state index contributed by atoms with van der Waals surface area (Å²) in [4.78, 5) is 15.8. The molecule has 0 saturated carbocycles. The topological polar surface area (TPSA) is 118 Å². The van der Waals surface area contributed by atoms with Gasteiger partial charge in [-0.25, -0.2) is 4.57 Å². The van der Waals surface area contributed by atoms with E-state index in [1.807, 2.05) is 73.7 Å². The SMILES string of the molecule is CC(C)=CCC/C(C)=C/CC/C(C)=C/CN1C(=O)c2cccc(OP(=O)(OCc3ccccc3)OCc3ccccc3)c2Nc2c(O)cc(O)cc21. The molecule has 5 rings (SSSR count). The monoisotopic (exact) mass is 722 g/mol. The molecule has 0 bridgehead atoms. The molecular weight excluding hydrogens is 675 g/mol. The van der Waals surface area contributed by atoms with Crippen molar-refractivity contribution in [1.29, 1.82) is 0 Å². The zero-order valence-corrected chi connectivity index (χ0v) is 31.1. The van der Waals surface area contributed by atoms with Gasteiger partial charge < -0.3 is 25.0 Å². The third kappa shape index (κ3) is 10.5. The molecule has 9 nitrogen and oxygen atoms in total. The van der Waals surface area contributed by atoms with Crippen molar-refractivity contribution in [3.63, 3.8) is 0 Å². The summed E-state index contributed by atoms with van der Waals surface area (Å²) in [5.74, 6) is -0.885. The number of phenols is 2. The fourth-order valence-electron chi connectivity index (χ4n) is 5.67. The van der Waals surface area contributed by atoms with Crippen LogP contribution in [0.25, 0.3) is 0 Å². The Hall–Kier alpha value is -5.08. The maximum atomic E-state index is 14.3. The Balaban J connectivity index is 1.42. The first kappa shape index (κ1) is 38.2. The molecule has 4 aromatic carbocycles. The fourth-order valence-corrected chi connectivity index (χ4v) is 6.85. The normalized spacial score (nSPS) is 13.2. The van der Waals surface area contributed by atoms with Crippen molar-refractivity contribution >= 4 is 30.8 Å². The highest BCUT2D eigenvalue weighted by molar-refractivity contribution is 7.48. The van der Waals surface area contributed by atoms with Crippen LogP contribution in [0.5, 0.6) is 17.2 Å². The molecule has 0 spiro atoms. The lowest BCUT2D eigenvalue weighted by Gasteiger charge is -2.22. The lowest BCUT2D eigenvalue weighted by Crippen LogP contribution is -2.30. The number of anilines is 3. The second kappa shape index (κ2) is 17.9. The molecule has 0 aliphatic carbocycles. The molecule has 1 heterocycles. The van der Waals surface area contributed by atoms with E-state index in [1.54, 1.807) is 18.2 Å². The van der Waals surface area contributed by atoms with Gasteiger partial charge in [0.1, 0.15) is 17.2 Å². The predicted molar refractivity (Wildman–Crippen MR) is 207 cm³/mol. The van der Waals surface area contributed by atoms with Gasteiger partial charge in [0.05, 0.1) is 30.2 Å². The number of aromatic hydroxyl groups is 2. The lowest BCUT2D eigenvalue weighted by atomic mass is 10.1. The van der Waals surface area contributed by atoms with Crippen LogP contribution in [0.1, 0.15) is 74.9 Å². The Labute approximate surface area is 306 Å². The Morgan fingerprint density at radius 1 is 0.750 bits per heavy atom. The number of hydrogen-bond acceptors (Lipinski definition) is 8. The van der Waals surface area contributed by atoms with Crippen LogP contribution in [0.15, 0.2) is 126 Å². The van der Waals surface area contributed by atoms with E-state index < -0.39 is 13.7 Å². The number of phosphoric acid groups is 1. The average molecular weight is 723 g/mol. The molecule has 1 aliphatic heterocycles. The minimum absolute atomic E-state index is 0.0223. The van der Waals surface area contributed by atoms with Crippen LogP contribution in [-0.4, -0.2) is 22.7 Å². The first-order valence-corrected chi connectivity index (χ1v) is 18.9. The number of amides is 1. The van der Waals surface area contributed by atoms with Gasteiger partial charge in [-0.2, -0.15) is 0 Å². The van der Waals surface area contributed by atoms with Crippen LogP contribution in [0.2, 0.25) is 0 Å². The number of rotatable bonds is 16. The Morgan fingerprint density at radius 3 is 1.96 bits per heavy atom. The smallest absolute Gasteiger partial charge is 0.508 e. The second-order valence-electron chi connectivity index (χ2n) is 13.1. The molecule has 0 radical (unpaired) electrons. The standard InChI is InChI=1S/C42H47N2O7P/c1-30(2)14-11-15-31(3)16-12-17-32(4)24-25-44-37-26-35(45)27-38(46)41(37)43-40-36(42(44)47)22-13-23-39(40)51-52(48,49-28-33-18-7-5-8-19-33)50-29-34-20-9-6-10-21-34/h5-10,13-14,16,18-24,26-27,43,45-46H,11-12,15,17,25,28-29H2,1-4H3/b31-16+,32-24+. The predicted octanol–water partition coefficient (Wildman–Crippen LogP) is 11.1. The highest BCUT2D eigenvalue weighted by atomic mass is 31.2. The van der Waals surface area contributed by atoms with Crippen molar-refractivity contribution in [2.45, 2.75) is 66.6 Å². The molecule has 10 heteroatoms. The van der Waals surface area contributed by atoms with E-state index in [0.717, 1.165) is 42.4 Å². The lowest BCUT2D eigenvalue weighted by molar-refractivity contribution is 0.0990. The number of fused-ring (bicyclic) bond motifs is 2. The van der Waals surface area contributed by atoms with Gasteiger partial charge in [0.25, 0.3) is 5.91 Å². The minimum Gasteiger partial charge on any atom is -0.508 e. The number of allylic oxidation sites excluding steroid dienone is 5. The van der Waals surface area contributed by atoms with E-state index in [2.05, 4.69) is 38.2 Å². The molecule has 3 N–H and O–H groups in total. The first-order chi connectivity index (χ1) is 25.0. The molecule has 4 aromatic rings. The van der Waals surface area contributed by atoms with Gasteiger partial charge in [0.2, 0.25) is 0 Å². The summed E-state index contributed by atoms with van der Waals surface area (Å²) >= 11 is 0. The van der Waals surface area contributed by atoms with Gasteiger partial charge >= 0.3 is 7.82 Å². The van der Waals surface area contributed by atoms with Crippen LogP contribution in [0, 0.1) is 0 Å². The molecule has 0 aromatic heterocycles. The highest BCUT2D eigenvalue weighted by Crippen LogP contribution is 2.54. The summed E-state index contributed by atoms with van der Waals surface area (Å²) in [6.45, 7) is 8.45. The molecule has 0 unspecified atom stereocenters. The van der Waals surface area contributed by atoms with Crippen LogP contribution >= 0.6 is 7.82 Å². The summed E-state index contributed by atoms with van der Waals surface area (Å²) in [6.07, 6.45) is 10.2. The van der Waals surface area contributed by atoms with Gasteiger partial charge in [0, 0.05) is 18.7 Å². The van der Waals surface area contributed by atoms with Gasteiger partial charge in [-0.15, -0.1) is 0 Å². The number of nitrogens with zero attached hydrogens (tertiary/aromatic N) is 1. The number of nitrogens with one attached hydrogen (secondary N) is 1. The van der Waals surface area contributed by atoms with E-state index in [1.165, 1.54) is 28.2 Å². The maximum Gasteiger partial charge on any atom is 0.530 e. The molecule has 0 fully saturated rings. The van der Waals surface area contributed by atoms with E-state index in [4.69, 9.17) is 13.6 Å². The van der Waals surface area contributed by atoms with E-state index >= 15 is 0 Å². The molecule has 0 atom stereocenters. The second-order valence-corrected chi connectivity index (χ2v) is 14.7. The third-order valence-electron chi connectivity index (χ3n) is 8.54. The van der Waals surface area contributed by atoms with E-state index in [0.29, 0.717) is 0 Å². The number of phenolic OH excluding ortho intramolecular Hbond substituents is 2. The number of carbonyl (C=O) groups excluding carboxylic acids is 1. The number of carbonyl (C=O) groups is 1. The minimum atomic E-state index is -4.31. The van der Waals surface area contributed by atoms with E-state index in [9.17, 15) is 19.6 Å². The van der Waals surface area contributed by atoms with Crippen molar-refractivity contribution in [2.24, 2.45) is 0 Å². The van der Waals surface area contributed by atoms with Crippen LogP contribution in [0.3, 0.4) is 0 Å². The van der Waals surface area contributed by atoms with Crippen LogP contribution in [-0.2, 0) is 26.8 Å². The Morgan fingerprint density at radius 2 is 1.35 bits per heavy atom. The average Bonchev–Trinajstić information content (AvgIpc) is 3.24. The summed E-state index contributed by atoms with van der Waals surface area (Å²) < 4.78 is 32.1. The van der Waals surface area contributed by atoms with Gasteiger partial charge in [-0.1, -0.05) is 102 Å². The molecule has 0 saturated heterocycles. The number of benzene rings is 4. The summed E-state index contributed by atoms with van der Waals surface area (Å²) in [6, 6.07) is 25.9. The number of para-hydroxylation sites is 1. The van der Waals surface area contributed by atoms with Crippen molar-refractivity contribution in [3.05, 3.63) is 143 Å². The summed E-state index contributed by atoms with van der Waals surface area (Å²) in [5.41, 5.74) is 6.09. The quantitative estimate of drug-likeness (QED) is 0.0453. The van der Waals surface area contributed by atoms with E-state index in [-0.39, 0.29) is 59.6 Å². The van der Waals surface area contributed by atoms with Gasteiger partial charge in [-0.3, -0.25) is 13.8 Å². The highest BCUT2D eigenvalue weighted by Gasteiger charge is 2.35. The molecule has 272 valence electrons. The van der Waals surface area contributed by atoms with Crippen LogP contribution < -0.4 is 14.7 Å². The first-order valence-electron chi connectivity index (χ1n) is 17.4. The van der Waals surface area contributed by atoms with Crippen molar-refractivity contribution in [1.82, 2.24) is 0 Å². The zero-order valence-electron chi connectivity index (χ0n) is 30.2. The number of phosphoric ester groups is 1. The largest absolute Gasteiger partial charge is 0.530 e. The van der Waals surface area contributed by atoms with Crippen molar-refractivity contribution in [2.75, 3.05) is 16.8 Å². The van der Waals surface area contributed by atoms with Crippen molar-refractivity contribution in [3.8, 4) is 17.2 Å². The molecular formula is C42H47N2O7P. The summed E-state index contributed by atoms with van der Waals surface area (Å²) in [5, 5.41) is 24.7. The maximum absolute atomic E-state index is 14.3. The molecule has 1 amide bonds. The Bertz CT molecular complexity index is 1940.